The van der Waals surface area contributed by atoms with Crippen molar-refractivity contribution in [2.45, 2.75) is 6.42 Å². The van der Waals surface area contributed by atoms with E-state index in [2.05, 4.69) is 21.4 Å². The molecule has 4 aromatic rings. The van der Waals surface area contributed by atoms with Crippen LogP contribution in [0, 0.1) is 0 Å². The zero-order chi connectivity index (χ0) is 18.9. The maximum absolute atomic E-state index is 13.1. The van der Waals surface area contributed by atoms with Crippen LogP contribution in [0.4, 0.5) is 17.1 Å². The van der Waals surface area contributed by atoms with Crippen molar-refractivity contribution in [3.05, 3.63) is 90.4 Å². The maximum Gasteiger partial charge on any atom is 0.259 e. The zero-order valence-corrected chi connectivity index (χ0v) is 15.2. The molecular weight excluding hydrogens is 348 g/mol. The Balaban J connectivity index is 1.45. The van der Waals surface area contributed by atoms with Gasteiger partial charge in [-0.2, -0.15) is 0 Å². The summed E-state index contributed by atoms with van der Waals surface area (Å²) in [4.78, 5) is 23.6. The number of carbonyl (C=O) groups excluding carboxylic acids is 1. The molecule has 0 aliphatic carbocycles. The first-order chi connectivity index (χ1) is 13.8. The lowest BCUT2D eigenvalue weighted by atomic mass is 10.1. The van der Waals surface area contributed by atoms with Crippen molar-refractivity contribution < 1.29 is 4.79 Å². The Morgan fingerprint density at radius 2 is 1.89 bits per heavy atom. The number of fused-ring (bicyclic) bond motifs is 2. The first kappa shape index (κ1) is 16.4. The fraction of sp³-hybridized carbons (Fsp3) is 0.0870. The maximum atomic E-state index is 13.1. The zero-order valence-electron chi connectivity index (χ0n) is 15.2. The van der Waals surface area contributed by atoms with E-state index in [1.165, 1.54) is 5.56 Å². The highest BCUT2D eigenvalue weighted by Crippen LogP contribution is 2.30. The molecule has 2 aromatic heterocycles. The molecule has 1 amide bonds. The predicted molar refractivity (Wildman–Crippen MR) is 111 cm³/mol. The number of rotatable bonds is 3. The third kappa shape index (κ3) is 2.87. The van der Waals surface area contributed by atoms with Crippen LogP contribution in [-0.4, -0.2) is 22.4 Å². The molecule has 1 N–H and O–H groups in total. The van der Waals surface area contributed by atoms with E-state index in [9.17, 15) is 4.79 Å². The van der Waals surface area contributed by atoms with Crippen LogP contribution in [0.2, 0.25) is 0 Å². The van der Waals surface area contributed by atoms with Crippen molar-refractivity contribution in [2.24, 2.45) is 0 Å². The highest BCUT2D eigenvalue weighted by Gasteiger charge is 2.25. The van der Waals surface area contributed by atoms with Gasteiger partial charge in [0.25, 0.3) is 5.91 Å². The van der Waals surface area contributed by atoms with E-state index in [1.54, 1.807) is 18.6 Å². The minimum Gasteiger partial charge on any atom is -0.352 e. The van der Waals surface area contributed by atoms with Crippen LogP contribution < -0.4 is 10.2 Å². The van der Waals surface area contributed by atoms with Gasteiger partial charge in [-0.1, -0.05) is 36.4 Å². The number of nitrogens with zero attached hydrogens (tertiary/aromatic N) is 3. The fourth-order valence-corrected chi connectivity index (χ4v) is 3.69. The van der Waals surface area contributed by atoms with Crippen LogP contribution in [-0.2, 0) is 6.42 Å². The van der Waals surface area contributed by atoms with Crippen molar-refractivity contribution in [3.8, 4) is 0 Å². The summed E-state index contributed by atoms with van der Waals surface area (Å²) in [6, 6.07) is 19.8. The number of nitrogens with one attached hydrogen (secondary N) is 1. The number of carbonyl (C=O) groups is 1. The third-order valence-corrected chi connectivity index (χ3v) is 5.03. The van der Waals surface area contributed by atoms with E-state index in [1.807, 2.05) is 59.5 Å². The Hall–Kier alpha value is -3.73. The van der Waals surface area contributed by atoms with Gasteiger partial charge in [-0.25, -0.2) is 0 Å². The lowest BCUT2D eigenvalue weighted by molar-refractivity contribution is 0.0989. The first-order valence-corrected chi connectivity index (χ1v) is 9.25. The summed E-state index contributed by atoms with van der Waals surface area (Å²) < 4.78 is 0. The summed E-state index contributed by atoms with van der Waals surface area (Å²) >= 11 is 0. The van der Waals surface area contributed by atoms with E-state index in [0.717, 1.165) is 34.4 Å². The number of hydrogen-bond donors (Lipinski definition) is 1. The van der Waals surface area contributed by atoms with Gasteiger partial charge in [0, 0.05) is 30.0 Å². The smallest absolute Gasteiger partial charge is 0.259 e. The van der Waals surface area contributed by atoms with Gasteiger partial charge in [-0.05, 0) is 36.2 Å². The van der Waals surface area contributed by atoms with E-state index in [0.29, 0.717) is 12.1 Å². The van der Waals surface area contributed by atoms with Crippen LogP contribution in [0.5, 0.6) is 0 Å². The van der Waals surface area contributed by atoms with Crippen LogP contribution in [0.25, 0.3) is 10.9 Å². The summed E-state index contributed by atoms with van der Waals surface area (Å²) in [5.74, 6) is -0.0304. The van der Waals surface area contributed by atoms with E-state index < -0.39 is 0 Å². The van der Waals surface area contributed by atoms with Crippen LogP contribution >= 0.6 is 0 Å². The molecule has 2 aromatic carbocycles. The second-order valence-electron chi connectivity index (χ2n) is 6.80. The van der Waals surface area contributed by atoms with Gasteiger partial charge in [-0.15, -0.1) is 0 Å². The van der Waals surface area contributed by atoms with E-state index >= 15 is 0 Å². The molecule has 0 atom stereocenters. The van der Waals surface area contributed by atoms with Crippen molar-refractivity contribution >= 4 is 33.9 Å². The molecule has 0 radical (unpaired) electrons. The molecule has 1 aliphatic heterocycles. The molecule has 0 fully saturated rings. The largest absolute Gasteiger partial charge is 0.352 e. The topological polar surface area (TPSA) is 58.1 Å². The molecule has 3 heterocycles. The summed E-state index contributed by atoms with van der Waals surface area (Å²) in [6.45, 7) is 0.697. The summed E-state index contributed by atoms with van der Waals surface area (Å²) in [5, 5.41) is 4.41. The number of pyridine rings is 2. The Morgan fingerprint density at radius 1 is 1.00 bits per heavy atom. The minimum atomic E-state index is -0.0304. The van der Waals surface area contributed by atoms with Crippen molar-refractivity contribution in [2.75, 3.05) is 16.8 Å². The van der Waals surface area contributed by atoms with Crippen molar-refractivity contribution in [1.82, 2.24) is 9.97 Å². The van der Waals surface area contributed by atoms with Crippen LogP contribution in [0.15, 0.2) is 79.3 Å². The van der Waals surface area contributed by atoms with Gasteiger partial charge < -0.3 is 10.2 Å². The quantitative estimate of drug-likeness (QED) is 0.577. The Morgan fingerprint density at radius 3 is 2.86 bits per heavy atom. The van der Waals surface area contributed by atoms with Gasteiger partial charge in [0.15, 0.2) is 0 Å². The highest BCUT2D eigenvalue weighted by molar-refractivity contribution is 6.07. The molecule has 5 heteroatoms. The molecule has 0 spiro atoms. The van der Waals surface area contributed by atoms with Gasteiger partial charge in [0.05, 0.1) is 28.7 Å². The molecular formula is C23H18N4O. The SMILES string of the molecule is O=C(c1cncc(Nc2cccc3cccnc23)c1)N1CCc2ccccc21. The minimum absolute atomic E-state index is 0.0304. The van der Waals surface area contributed by atoms with Gasteiger partial charge >= 0.3 is 0 Å². The normalized spacial score (nSPS) is 12.8. The number of amides is 1. The van der Waals surface area contributed by atoms with Gasteiger partial charge in [0.1, 0.15) is 0 Å². The number of hydrogen-bond acceptors (Lipinski definition) is 4. The average Bonchev–Trinajstić information content (AvgIpc) is 3.18. The lowest BCUT2D eigenvalue weighted by Gasteiger charge is -2.17. The molecule has 136 valence electrons. The second-order valence-corrected chi connectivity index (χ2v) is 6.80. The van der Waals surface area contributed by atoms with Gasteiger partial charge in [0.2, 0.25) is 0 Å². The van der Waals surface area contributed by atoms with E-state index in [4.69, 9.17) is 0 Å². The van der Waals surface area contributed by atoms with Gasteiger partial charge in [-0.3, -0.25) is 14.8 Å². The molecule has 0 saturated carbocycles. The molecule has 0 unspecified atom stereocenters. The number of benzene rings is 2. The lowest BCUT2D eigenvalue weighted by Crippen LogP contribution is -2.29. The standard InChI is InChI=1S/C23H18N4O/c28-23(27-12-10-16-5-1-2-9-21(16)27)18-13-19(15-24-14-18)26-20-8-3-6-17-7-4-11-25-22(17)20/h1-9,11,13-15,26H,10,12H2. The summed E-state index contributed by atoms with van der Waals surface area (Å²) in [5.41, 5.74) is 5.29. The molecule has 5 nitrogen and oxygen atoms in total. The summed E-state index contributed by atoms with van der Waals surface area (Å²) in [6.07, 6.45) is 6.00. The Labute approximate surface area is 162 Å². The highest BCUT2D eigenvalue weighted by atomic mass is 16.2. The van der Waals surface area contributed by atoms with Crippen molar-refractivity contribution in [3.63, 3.8) is 0 Å². The Bertz CT molecular complexity index is 1180. The Kier molecular flexibility index (Phi) is 3.98. The fourth-order valence-electron chi connectivity index (χ4n) is 3.69. The molecule has 5 rings (SSSR count). The average molecular weight is 366 g/mol. The molecule has 0 bridgehead atoms. The summed E-state index contributed by atoms with van der Waals surface area (Å²) in [7, 11) is 0. The third-order valence-electron chi connectivity index (χ3n) is 5.03. The molecule has 1 aliphatic rings. The molecule has 0 saturated heterocycles. The number of para-hydroxylation sites is 2. The number of anilines is 3. The first-order valence-electron chi connectivity index (χ1n) is 9.25. The van der Waals surface area contributed by atoms with E-state index in [-0.39, 0.29) is 5.91 Å². The predicted octanol–water partition coefficient (Wildman–Crippen LogP) is 4.58. The van der Waals surface area contributed by atoms with Crippen LogP contribution in [0.3, 0.4) is 0 Å². The molecule has 28 heavy (non-hydrogen) atoms. The monoisotopic (exact) mass is 366 g/mol. The second kappa shape index (κ2) is 6.78. The number of aromatic nitrogens is 2. The van der Waals surface area contributed by atoms with Crippen LogP contribution in [0.1, 0.15) is 15.9 Å². The van der Waals surface area contributed by atoms with Crippen molar-refractivity contribution in [1.29, 1.82) is 0 Å².